The molecule has 0 aliphatic heterocycles. The minimum Gasteiger partial charge on any atom is -0.508 e. The van der Waals surface area contributed by atoms with Crippen molar-refractivity contribution in [3.63, 3.8) is 0 Å². The van der Waals surface area contributed by atoms with Crippen molar-refractivity contribution in [2.24, 2.45) is 29.4 Å². The van der Waals surface area contributed by atoms with Gasteiger partial charge in [0, 0.05) is 13.3 Å². The van der Waals surface area contributed by atoms with Crippen LogP contribution in [0.4, 0.5) is 0 Å². The number of carbonyl (C=O) groups is 6. The first kappa shape index (κ1) is 41.9. The number of amides is 6. The summed E-state index contributed by atoms with van der Waals surface area (Å²) in [6.07, 6.45) is 1.25. The van der Waals surface area contributed by atoms with Gasteiger partial charge in [0.2, 0.25) is 35.4 Å². The summed E-state index contributed by atoms with van der Waals surface area (Å²) in [5, 5.41) is 23.2. The maximum absolute atomic E-state index is 13.7. The van der Waals surface area contributed by atoms with E-state index in [1.807, 2.05) is 55.4 Å². The fourth-order valence-corrected chi connectivity index (χ4v) is 5.24. The molecule has 13 heteroatoms. The van der Waals surface area contributed by atoms with E-state index in [4.69, 9.17) is 5.73 Å². The number of carbonyl (C=O) groups excluding carboxylic acids is 6. The third-order valence-electron chi connectivity index (χ3n) is 7.46. The highest BCUT2D eigenvalue weighted by Crippen LogP contribution is 2.14. The number of primary amides is 1. The van der Waals surface area contributed by atoms with Crippen LogP contribution in [-0.2, 0) is 35.2 Å². The number of nitrogens with two attached hydrogens (primary N) is 1. The molecule has 0 spiro atoms. The van der Waals surface area contributed by atoms with Crippen LogP contribution in [0.5, 0.6) is 5.75 Å². The van der Waals surface area contributed by atoms with Crippen LogP contribution in [-0.4, -0.2) is 70.8 Å². The number of hydrogen-bond acceptors (Lipinski definition) is 7. The molecule has 0 fully saturated rings. The van der Waals surface area contributed by atoms with Crippen LogP contribution < -0.4 is 32.3 Å². The van der Waals surface area contributed by atoms with E-state index in [2.05, 4.69) is 26.6 Å². The highest BCUT2D eigenvalue weighted by Gasteiger charge is 2.33. The van der Waals surface area contributed by atoms with E-state index in [1.54, 1.807) is 12.1 Å². The third kappa shape index (κ3) is 16.1. The van der Waals surface area contributed by atoms with E-state index in [9.17, 15) is 33.9 Å². The Bertz CT molecular complexity index is 1230. The van der Waals surface area contributed by atoms with Gasteiger partial charge in [-0.3, -0.25) is 28.8 Å². The van der Waals surface area contributed by atoms with Crippen LogP contribution in [0.2, 0.25) is 0 Å². The van der Waals surface area contributed by atoms with Gasteiger partial charge in [0.25, 0.3) is 0 Å². The van der Waals surface area contributed by atoms with Crippen LogP contribution in [0.1, 0.15) is 93.6 Å². The second-order valence-electron chi connectivity index (χ2n) is 14.3. The molecule has 5 atom stereocenters. The molecule has 0 radical (unpaired) electrons. The third-order valence-corrected chi connectivity index (χ3v) is 7.46. The maximum atomic E-state index is 13.7. The zero-order chi connectivity index (χ0) is 36.7. The summed E-state index contributed by atoms with van der Waals surface area (Å²) in [5.74, 6) is -3.23. The molecule has 0 aliphatic carbocycles. The van der Waals surface area contributed by atoms with E-state index in [1.165, 1.54) is 19.1 Å². The van der Waals surface area contributed by atoms with Crippen LogP contribution >= 0.6 is 0 Å². The average Bonchev–Trinajstić information content (AvgIpc) is 2.95. The SMILES string of the molecule is CC(=O)N[C@@H](CC(C)C)C(=O)N[C@@H](CC(C)C)C(=O)N[C@@H](CC(C)C)C(=O)N[C@@H](CC(C)C)C(=O)N[C@@H](Cc1ccc(O)cc1)C(N)=O. The van der Waals surface area contributed by atoms with Crippen LogP contribution in [0.3, 0.4) is 0 Å². The number of nitrogens with one attached hydrogen (secondary N) is 5. The summed E-state index contributed by atoms with van der Waals surface area (Å²) in [7, 11) is 0. The first-order valence-corrected chi connectivity index (χ1v) is 16.8. The first-order valence-electron chi connectivity index (χ1n) is 16.8. The quantitative estimate of drug-likeness (QED) is 0.109. The van der Waals surface area contributed by atoms with Gasteiger partial charge in [-0.15, -0.1) is 0 Å². The summed E-state index contributed by atoms with van der Waals surface area (Å²) in [6, 6.07) is 1.21. The van der Waals surface area contributed by atoms with Gasteiger partial charge in [0.05, 0.1) is 0 Å². The highest BCUT2D eigenvalue weighted by molar-refractivity contribution is 5.96. The highest BCUT2D eigenvalue weighted by atomic mass is 16.3. The number of benzene rings is 1. The minimum atomic E-state index is -1.07. The molecule has 0 aliphatic rings. The second-order valence-corrected chi connectivity index (χ2v) is 14.3. The monoisotopic (exact) mass is 674 g/mol. The predicted molar refractivity (Wildman–Crippen MR) is 184 cm³/mol. The van der Waals surface area contributed by atoms with Crippen LogP contribution in [0, 0.1) is 23.7 Å². The van der Waals surface area contributed by atoms with Gasteiger partial charge in [0.15, 0.2) is 0 Å². The average molecular weight is 675 g/mol. The molecule has 1 rings (SSSR count). The number of rotatable bonds is 20. The molecular formula is C35H58N6O7. The zero-order valence-electron chi connectivity index (χ0n) is 30.0. The topological polar surface area (TPSA) is 209 Å². The lowest BCUT2D eigenvalue weighted by Crippen LogP contribution is -2.59. The Balaban J connectivity index is 3.20. The predicted octanol–water partition coefficient (Wildman–Crippen LogP) is 2.05. The van der Waals surface area contributed by atoms with Crippen molar-refractivity contribution >= 4 is 35.4 Å². The molecule has 13 nitrogen and oxygen atoms in total. The van der Waals surface area contributed by atoms with E-state index in [0.717, 1.165) is 0 Å². The van der Waals surface area contributed by atoms with Gasteiger partial charge < -0.3 is 37.4 Å². The van der Waals surface area contributed by atoms with Gasteiger partial charge in [-0.25, -0.2) is 0 Å². The van der Waals surface area contributed by atoms with Gasteiger partial charge in [-0.05, 0) is 67.1 Å². The van der Waals surface area contributed by atoms with E-state index < -0.39 is 59.7 Å². The lowest BCUT2D eigenvalue weighted by atomic mass is 9.98. The maximum Gasteiger partial charge on any atom is 0.243 e. The molecule has 0 saturated heterocycles. The van der Waals surface area contributed by atoms with Crippen molar-refractivity contribution in [1.29, 1.82) is 0 Å². The van der Waals surface area contributed by atoms with Crippen molar-refractivity contribution in [3.05, 3.63) is 29.8 Å². The summed E-state index contributed by atoms with van der Waals surface area (Å²) < 4.78 is 0. The number of phenols is 1. The molecule has 0 unspecified atom stereocenters. The summed E-state index contributed by atoms with van der Waals surface area (Å²) >= 11 is 0. The molecule has 0 heterocycles. The van der Waals surface area contributed by atoms with Crippen molar-refractivity contribution in [3.8, 4) is 5.75 Å². The van der Waals surface area contributed by atoms with E-state index in [-0.39, 0.29) is 61.0 Å². The van der Waals surface area contributed by atoms with Gasteiger partial charge >= 0.3 is 0 Å². The zero-order valence-corrected chi connectivity index (χ0v) is 30.0. The number of phenolic OH excluding ortho intramolecular Hbond substituents is 1. The normalized spacial score (nSPS) is 14.5. The van der Waals surface area contributed by atoms with Crippen molar-refractivity contribution in [1.82, 2.24) is 26.6 Å². The summed E-state index contributed by atoms with van der Waals surface area (Å²) in [4.78, 5) is 78.1. The molecule has 1 aromatic carbocycles. The Hall–Kier alpha value is -4.16. The molecule has 48 heavy (non-hydrogen) atoms. The Morgan fingerprint density at radius 1 is 0.542 bits per heavy atom. The summed E-state index contributed by atoms with van der Waals surface area (Å²) in [5.41, 5.74) is 6.26. The van der Waals surface area contributed by atoms with Crippen LogP contribution in [0.15, 0.2) is 24.3 Å². The van der Waals surface area contributed by atoms with Crippen molar-refractivity contribution in [2.75, 3.05) is 0 Å². The Morgan fingerprint density at radius 3 is 1.10 bits per heavy atom. The number of hydrogen-bond donors (Lipinski definition) is 7. The van der Waals surface area contributed by atoms with Crippen molar-refractivity contribution in [2.45, 2.75) is 125 Å². The second kappa shape index (κ2) is 20.3. The number of aromatic hydroxyl groups is 1. The molecule has 270 valence electrons. The Labute approximate surface area is 285 Å². The van der Waals surface area contributed by atoms with E-state index in [0.29, 0.717) is 12.0 Å². The standard InChI is InChI=1S/C35H58N6O7/c1-19(2)14-27(37-23(9)42)32(45)39-29(16-21(5)6)34(47)41-30(17-22(7)8)35(48)40-28(15-20(3)4)33(46)38-26(31(36)44)18-24-10-12-25(43)13-11-24/h10-13,19-22,26-30,43H,14-18H2,1-9H3,(H2,36,44)(H,37,42)(H,38,46)(H,39,45)(H,40,48)(H,41,47)/t26-,27-,28-,29-,30-/m0/s1. The van der Waals surface area contributed by atoms with E-state index >= 15 is 0 Å². The molecule has 0 bridgehead atoms. The Morgan fingerprint density at radius 2 is 0.833 bits per heavy atom. The fraction of sp³-hybridized carbons (Fsp3) is 0.657. The first-order chi connectivity index (χ1) is 22.3. The summed E-state index contributed by atoms with van der Waals surface area (Å²) in [6.45, 7) is 16.5. The molecule has 1 aromatic rings. The fourth-order valence-electron chi connectivity index (χ4n) is 5.24. The van der Waals surface area contributed by atoms with Gasteiger partial charge in [-0.2, -0.15) is 0 Å². The van der Waals surface area contributed by atoms with Crippen LogP contribution in [0.25, 0.3) is 0 Å². The molecule has 6 amide bonds. The van der Waals surface area contributed by atoms with Gasteiger partial charge in [0.1, 0.15) is 36.0 Å². The largest absolute Gasteiger partial charge is 0.508 e. The molecule has 0 aromatic heterocycles. The lowest BCUT2D eigenvalue weighted by Gasteiger charge is -2.29. The lowest BCUT2D eigenvalue weighted by molar-refractivity contribution is -0.135. The minimum absolute atomic E-state index is 0.0154. The molecule has 0 saturated carbocycles. The smallest absolute Gasteiger partial charge is 0.243 e. The molecular weight excluding hydrogens is 616 g/mol. The van der Waals surface area contributed by atoms with Gasteiger partial charge in [-0.1, -0.05) is 67.5 Å². The Kier molecular flexibility index (Phi) is 17.7. The molecule has 8 N–H and O–H groups in total. The van der Waals surface area contributed by atoms with Crippen molar-refractivity contribution < 1.29 is 33.9 Å².